The molecule has 0 radical (unpaired) electrons. The van der Waals surface area contributed by atoms with Crippen molar-refractivity contribution in [2.24, 2.45) is 0 Å². The van der Waals surface area contributed by atoms with Crippen molar-refractivity contribution in [3.05, 3.63) is 83.9 Å². The number of aliphatic carboxylic acids is 1. The number of carbonyl (C=O) groups is 3. The molecule has 0 fully saturated rings. The van der Waals surface area contributed by atoms with Gasteiger partial charge in [0, 0.05) is 30.8 Å². The Morgan fingerprint density at radius 2 is 1.68 bits per heavy atom. The number of hydrogen-bond donors (Lipinski definition) is 3. The predicted octanol–water partition coefficient (Wildman–Crippen LogP) is -0.338. The average Bonchev–Trinajstić information content (AvgIpc) is 3.28. The third kappa shape index (κ3) is 7.66. The molecule has 0 aliphatic rings. The normalized spacial score (nSPS) is 10.4. The molecular formula is C27H26N5NaO4. The van der Waals surface area contributed by atoms with Gasteiger partial charge in [-0.25, -0.2) is 4.98 Å². The quantitative estimate of drug-likeness (QED) is 0.252. The summed E-state index contributed by atoms with van der Waals surface area (Å²) in [6, 6.07) is 22.3. The Balaban J connectivity index is 0.00000380. The molecule has 0 saturated carbocycles. The number of nitrogens with zero attached hydrogens (tertiary/aromatic N) is 2. The van der Waals surface area contributed by atoms with Gasteiger partial charge in [-0.05, 0) is 54.3 Å². The van der Waals surface area contributed by atoms with E-state index in [4.69, 9.17) is 0 Å². The fraction of sp³-hybridized carbons (Fsp3) is 0.185. The SMILES string of the molecule is CC(=O)N(CC(=O)NCc1ccc(Nc2nc3ccccc3[nH]2)cc1)c1ccccc1CCC(=O)[O-].[Na+]. The molecule has 0 spiro atoms. The standard InChI is InChI=1S/C27H27N5O4.Na/c1-18(33)32(24-9-5-2-6-20(24)12-15-26(35)36)17-25(34)28-16-19-10-13-21(14-11-19)29-27-30-22-7-3-4-8-23(22)31-27;/h2-11,13-14H,12,15-17H2,1H3,(H,28,34)(H,35,36)(H2,29,30,31);/q;+1/p-1. The Kier molecular flexibility index (Phi) is 9.85. The molecule has 37 heavy (non-hydrogen) atoms. The van der Waals surface area contributed by atoms with Crippen LogP contribution in [0.25, 0.3) is 11.0 Å². The van der Waals surface area contributed by atoms with Crippen LogP contribution in [0.2, 0.25) is 0 Å². The first kappa shape index (κ1) is 27.9. The van der Waals surface area contributed by atoms with E-state index < -0.39 is 5.97 Å². The summed E-state index contributed by atoms with van der Waals surface area (Å²) in [5.41, 5.74) is 4.74. The van der Waals surface area contributed by atoms with E-state index in [0.717, 1.165) is 22.3 Å². The number of aromatic nitrogens is 2. The van der Waals surface area contributed by atoms with Gasteiger partial charge in [-0.1, -0.05) is 42.5 Å². The van der Waals surface area contributed by atoms with Crippen LogP contribution in [0.15, 0.2) is 72.8 Å². The summed E-state index contributed by atoms with van der Waals surface area (Å²) in [6.45, 7) is 1.49. The van der Waals surface area contributed by atoms with Crippen LogP contribution < -0.4 is 50.2 Å². The van der Waals surface area contributed by atoms with Crippen LogP contribution in [-0.2, 0) is 27.3 Å². The maximum absolute atomic E-state index is 12.6. The summed E-state index contributed by atoms with van der Waals surface area (Å²) >= 11 is 0. The minimum Gasteiger partial charge on any atom is -0.550 e. The number of para-hydroxylation sites is 3. The molecule has 3 aromatic carbocycles. The number of H-pyrrole nitrogens is 1. The van der Waals surface area contributed by atoms with Gasteiger partial charge >= 0.3 is 29.6 Å². The first-order valence-corrected chi connectivity index (χ1v) is 11.5. The van der Waals surface area contributed by atoms with Gasteiger partial charge in [-0.3, -0.25) is 9.59 Å². The second-order valence-electron chi connectivity index (χ2n) is 8.31. The van der Waals surface area contributed by atoms with Crippen molar-refractivity contribution < 1.29 is 49.0 Å². The minimum atomic E-state index is -1.17. The molecule has 0 aliphatic heterocycles. The number of nitrogens with one attached hydrogen (secondary N) is 3. The molecule has 1 heterocycles. The number of anilines is 3. The number of aryl methyl sites for hydroxylation is 1. The van der Waals surface area contributed by atoms with Crippen molar-refractivity contribution in [3.63, 3.8) is 0 Å². The molecule has 0 atom stereocenters. The Morgan fingerprint density at radius 1 is 0.973 bits per heavy atom. The van der Waals surface area contributed by atoms with Crippen LogP contribution in [0.4, 0.5) is 17.3 Å². The fourth-order valence-electron chi connectivity index (χ4n) is 3.84. The van der Waals surface area contributed by atoms with Crippen LogP contribution in [0.3, 0.4) is 0 Å². The summed E-state index contributed by atoms with van der Waals surface area (Å²) in [5, 5.41) is 16.9. The largest absolute Gasteiger partial charge is 1.00 e. The average molecular weight is 508 g/mol. The van der Waals surface area contributed by atoms with E-state index in [9.17, 15) is 19.5 Å². The van der Waals surface area contributed by atoms with Gasteiger partial charge < -0.3 is 30.4 Å². The summed E-state index contributed by atoms with van der Waals surface area (Å²) < 4.78 is 0. The Labute approximate surface area is 236 Å². The van der Waals surface area contributed by atoms with Crippen LogP contribution in [0.5, 0.6) is 0 Å². The van der Waals surface area contributed by atoms with Gasteiger partial charge in [0.15, 0.2) is 0 Å². The van der Waals surface area contributed by atoms with Crippen LogP contribution in [0, 0.1) is 0 Å². The van der Waals surface area contributed by atoms with Gasteiger partial charge in [0.05, 0.1) is 11.0 Å². The fourth-order valence-corrected chi connectivity index (χ4v) is 3.84. The second kappa shape index (κ2) is 13.0. The number of benzene rings is 3. The van der Waals surface area contributed by atoms with Crippen molar-refractivity contribution in [2.75, 3.05) is 16.8 Å². The summed E-state index contributed by atoms with van der Waals surface area (Å²) in [5.74, 6) is -1.17. The van der Waals surface area contributed by atoms with Gasteiger partial charge in [0.25, 0.3) is 0 Å². The zero-order chi connectivity index (χ0) is 25.5. The van der Waals surface area contributed by atoms with Crippen molar-refractivity contribution in [1.29, 1.82) is 0 Å². The summed E-state index contributed by atoms with van der Waals surface area (Å²) in [4.78, 5) is 44.9. The Morgan fingerprint density at radius 3 is 2.38 bits per heavy atom. The zero-order valence-corrected chi connectivity index (χ0v) is 22.8. The zero-order valence-electron chi connectivity index (χ0n) is 20.8. The number of hydrogen-bond acceptors (Lipinski definition) is 6. The van der Waals surface area contributed by atoms with Crippen molar-refractivity contribution in [1.82, 2.24) is 15.3 Å². The molecule has 4 aromatic rings. The molecular weight excluding hydrogens is 481 g/mol. The maximum atomic E-state index is 12.6. The van der Waals surface area contributed by atoms with Crippen molar-refractivity contribution in [2.45, 2.75) is 26.3 Å². The number of aromatic amines is 1. The number of carbonyl (C=O) groups excluding carboxylic acids is 3. The molecule has 184 valence electrons. The smallest absolute Gasteiger partial charge is 0.550 e. The van der Waals surface area contributed by atoms with Gasteiger partial charge in [0.2, 0.25) is 17.8 Å². The van der Waals surface area contributed by atoms with E-state index in [-0.39, 0.29) is 60.8 Å². The predicted molar refractivity (Wildman–Crippen MR) is 135 cm³/mol. The molecule has 10 heteroatoms. The molecule has 0 aliphatic carbocycles. The third-order valence-corrected chi connectivity index (χ3v) is 5.66. The van der Waals surface area contributed by atoms with Crippen LogP contribution >= 0.6 is 0 Å². The van der Waals surface area contributed by atoms with E-state index in [1.54, 1.807) is 24.3 Å². The first-order chi connectivity index (χ1) is 17.4. The van der Waals surface area contributed by atoms with E-state index >= 15 is 0 Å². The molecule has 3 N–H and O–H groups in total. The van der Waals surface area contributed by atoms with Crippen molar-refractivity contribution >= 4 is 46.1 Å². The molecule has 0 bridgehead atoms. The Bertz CT molecular complexity index is 1350. The maximum Gasteiger partial charge on any atom is 1.00 e. The molecule has 9 nitrogen and oxygen atoms in total. The number of fused-ring (bicyclic) bond motifs is 1. The minimum absolute atomic E-state index is 0. The summed E-state index contributed by atoms with van der Waals surface area (Å²) in [7, 11) is 0. The molecule has 0 saturated heterocycles. The first-order valence-electron chi connectivity index (χ1n) is 11.5. The van der Waals surface area contributed by atoms with Gasteiger partial charge in [0.1, 0.15) is 6.54 Å². The molecule has 1 aromatic heterocycles. The number of amides is 2. The van der Waals surface area contributed by atoms with E-state index in [2.05, 4.69) is 20.6 Å². The van der Waals surface area contributed by atoms with E-state index in [1.807, 2.05) is 48.5 Å². The molecule has 2 amide bonds. The topological polar surface area (TPSA) is 130 Å². The van der Waals surface area contributed by atoms with Crippen LogP contribution in [-0.4, -0.2) is 34.3 Å². The van der Waals surface area contributed by atoms with Crippen LogP contribution in [0.1, 0.15) is 24.5 Å². The van der Waals surface area contributed by atoms with Gasteiger partial charge in [-0.15, -0.1) is 0 Å². The number of carboxylic acids is 1. The van der Waals surface area contributed by atoms with Gasteiger partial charge in [-0.2, -0.15) is 0 Å². The monoisotopic (exact) mass is 507 g/mol. The molecule has 4 rings (SSSR count). The Hall–Kier alpha value is -3.66. The summed E-state index contributed by atoms with van der Waals surface area (Å²) in [6.07, 6.45) is 0.0362. The van der Waals surface area contributed by atoms with Crippen molar-refractivity contribution in [3.8, 4) is 0 Å². The molecule has 0 unspecified atom stereocenters. The van der Waals surface area contributed by atoms with E-state index in [0.29, 0.717) is 23.7 Å². The second-order valence-corrected chi connectivity index (χ2v) is 8.31. The number of rotatable bonds is 10. The number of imidazole rings is 1. The number of carboxylic acid groups (broad SMARTS) is 1. The third-order valence-electron chi connectivity index (χ3n) is 5.66. The van der Waals surface area contributed by atoms with E-state index in [1.165, 1.54) is 11.8 Å².